The van der Waals surface area contributed by atoms with Crippen molar-refractivity contribution in [3.05, 3.63) is 77.6 Å². The summed E-state index contributed by atoms with van der Waals surface area (Å²) in [7, 11) is 0. The van der Waals surface area contributed by atoms with Gasteiger partial charge in [-0.05, 0) is 57.2 Å². The molecule has 1 atom stereocenters. The standard InChI is InChI=1S/C30H30N4O4/c1-4-37-30(35)24-15-25-23(17-31-24)28-26(14-22(16-32-28)27-18(2)33-38-19(27)3)34(25)29(20-8-6-5-7-9-20)21-10-12-36-13-11-21/h5-9,14-17,21,29H,4,10-13H2,1-3H3. The van der Waals surface area contributed by atoms with E-state index >= 15 is 0 Å². The van der Waals surface area contributed by atoms with Crippen molar-refractivity contribution in [3.63, 3.8) is 0 Å². The van der Waals surface area contributed by atoms with Gasteiger partial charge in [0.15, 0.2) is 0 Å². The fourth-order valence-electron chi connectivity index (χ4n) is 5.76. The van der Waals surface area contributed by atoms with Crippen LogP contribution in [0.4, 0.5) is 0 Å². The third kappa shape index (κ3) is 4.15. The molecule has 1 fully saturated rings. The second kappa shape index (κ2) is 10.0. The van der Waals surface area contributed by atoms with E-state index in [9.17, 15) is 4.79 Å². The Morgan fingerprint density at radius 2 is 1.87 bits per heavy atom. The van der Waals surface area contributed by atoms with Crippen molar-refractivity contribution in [2.24, 2.45) is 5.92 Å². The van der Waals surface area contributed by atoms with Gasteiger partial charge in [0.05, 0.1) is 34.9 Å². The molecule has 5 aromatic rings. The molecule has 194 valence electrons. The summed E-state index contributed by atoms with van der Waals surface area (Å²) in [6.45, 7) is 7.39. The van der Waals surface area contributed by atoms with Crippen LogP contribution in [0.3, 0.4) is 0 Å². The Morgan fingerprint density at radius 3 is 2.58 bits per heavy atom. The number of carbonyl (C=O) groups excluding carboxylic acids is 1. The molecule has 8 heteroatoms. The van der Waals surface area contributed by atoms with Crippen LogP contribution in [-0.4, -0.2) is 45.5 Å². The molecular weight excluding hydrogens is 480 g/mol. The normalized spacial score (nSPS) is 15.2. The molecule has 1 saturated heterocycles. The van der Waals surface area contributed by atoms with E-state index in [1.807, 2.05) is 32.2 Å². The average molecular weight is 511 g/mol. The number of nitrogens with zero attached hydrogens (tertiary/aromatic N) is 4. The number of benzene rings is 1. The first-order valence-corrected chi connectivity index (χ1v) is 13.1. The number of fused-ring (bicyclic) bond motifs is 3. The van der Waals surface area contributed by atoms with E-state index in [0.29, 0.717) is 12.5 Å². The first-order chi connectivity index (χ1) is 18.6. The predicted octanol–water partition coefficient (Wildman–Crippen LogP) is 6.05. The van der Waals surface area contributed by atoms with Gasteiger partial charge in [-0.1, -0.05) is 35.5 Å². The minimum absolute atomic E-state index is 0.0132. The summed E-state index contributed by atoms with van der Waals surface area (Å²) < 4.78 is 18.8. The van der Waals surface area contributed by atoms with Crippen LogP contribution < -0.4 is 0 Å². The number of ether oxygens (including phenoxy) is 2. The van der Waals surface area contributed by atoms with Crippen molar-refractivity contribution in [1.29, 1.82) is 0 Å². The highest BCUT2D eigenvalue weighted by Crippen LogP contribution is 2.41. The summed E-state index contributed by atoms with van der Waals surface area (Å²) in [6, 6.07) is 14.6. The summed E-state index contributed by atoms with van der Waals surface area (Å²) >= 11 is 0. The topological polar surface area (TPSA) is 92.3 Å². The Labute approximate surface area is 220 Å². The zero-order valence-electron chi connectivity index (χ0n) is 21.8. The highest BCUT2D eigenvalue weighted by molar-refractivity contribution is 6.08. The number of rotatable bonds is 6. The highest BCUT2D eigenvalue weighted by Gasteiger charge is 2.31. The molecule has 1 aromatic carbocycles. The van der Waals surface area contributed by atoms with Crippen molar-refractivity contribution in [2.75, 3.05) is 19.8 Å². The fourth-order valence-corrected chi connectivity index (χ4v) is 5.76. The van der Waals surface area contributed by atoms with Gasteiger partial charge in [-0.15, -0.1) is 0 Å². The predicted molar refractivity (Wildman–Crippen MR) is 144 cm³/mol. The van der Waals surface area contributed by atoms with E-state index in [0.717, 1.165) is 70.6 Å². The maximum absolute atomic E-state index is 12.7. The van der Waals surface area contributed by atoms with Crippen molar-refractivity contribution in [1.82, 2.24) is 19.7 Å². The smallest absolute Gasteiger partial charge is 0.356 e. The lowest BCUT2D eigenvalue weighted by molar-refractivity contribution is 0.0519. The lowest BCUT2D eigenvalue weighted by Crippen LogP contribution is -2.27. The molecule has 4 aromatic heterocycles. The van der Waals surface area contributed by atoms with Crippen molar-refractivity contribution >= 4 is 27.9 Å². The molecule has 0 amide bonds. The molecule has 5 heterocycles. The summed E-state index contributed by atoms with van der Waals surface area (Å²) in [6.07, 6.45) is 5.49. The minimum atomic E-state index is -0.432. The van der Waals surface area contributed by atoms with Crippen LogP contribution in [0.5, 0.6) is 0 Å². The van der Waals surface area contributed by atoms with Crippen LogP contribution in [-0.2, 0) is 9.47 Å². The van der Waals surface area contributed by atoms with Crippen LogP contribution in [0.15, 0.2) is 59.4 Å². The molecule has 8 nitrogen and oxygen atoms in total. The second-order valence-electron chi connectivity index (χ2n) is 9.77. The van der Waals surface area contributed by atoms with E-state index in [-0.39, 0.29) is 11.7 Å². The van der Waals surface area contributed by atoms with E-state index in [1.165, 1.54) is 5.56 Å². The summed E-state index contributed by atoms with van der Waals surface area (Å²) in [5, 5.41) is 5.05. The zero-order chi connectivity index (χ0) is 26.2. The van der Waals surface area contributed by atoms with Crippen LogP contribution in [0.25, 0.3) is 33.1 Å². The van der Waals surface area contributed by atoms with Crippen LogP contribution in [0.1, 0.15) is 53.3 Å². The summed E-state index contributed by atoms with van der Waals surface area (Å²) in [5.74, 6) is 0.659. The lowest BCUT2D eigenvalue weighted by atomic mass is 9.86. The number of pyridine rings is 2. The van der Waals surface area contributed by atoms with Crippen molar-refractivity contribution in [2.45, 2.75) is 39.7 Å². The molecule has 1 aliphatic heterocycles. The van der Waals surface area contributed by atoms with Crippen molar-refractivity contribution in [3.8, 4) is 11.1 Å². The number of hydrogen-bond donors (Lipinski definition) is 0. The molecule has 38 heavy (non-hydrogen) atoms. The molecule has 0 spiro atoms. The first-order valence-electron chi connectivity index (χ1n) is 13.1. The Balaban J connectivity index is 1.67. The third-order valence-electron chi connectivity index (χ3n) is 7.46. The van der Waals surface area contributed by atoms with Crippen LogP contribution in [0, 0.1) is 19.8 Å². The number of aromatic nitrogens is 4. The number of carbonyl (C=O) groups is 1. The molecule has 0 aliphatic carbocycles. The average Bonchev–Trinajstić information content (AvgIpc) is 3.45. The maximum atomic E-state index is 12.7. The molecule has 6 rings (SSSR count). The lowest BCUT2D eigenvalue weighted by Gasteiger charge is -2.33. The van der Waals surface area contributed by atoms with Gasteiger partial charge in [-0.25, -0.2) is 9.78 Å². The summed E-state index contributed by atoms with van der Waals surface area (Å²) in [5.41, 5.74) is 6.91. The fraction of sp³-hybridized carbons (Fsp3) is 0.333. The largest absolute Gasteiger partial charge is 0.461 e. The molecule has 0 N–H and O–H groups in total. The molecule has 1 aliphatic rings. The van der Waals surface area contributed by atoms with Gasteiger partial charge in [0.25, 0.3) is 0 Å². The Hall–Kier alpha value is -4.04. The third-order valence-corrected chi connectivity index (χ3v) is 7.46. The highest BCUT2D eigenvalue weighted by atomic mass is 16.5. The van der Waals surface area contributed by atoms with Gasteiger partial charge >= 0.3 is 5.97 Å². The summed E-state index contributed by atoms with van der Waals surface area (Å²) in [4.78, 5) is 22.1. The van der Waals surface area contributed by atoms with E-state index in [4.69, 9.17) is 19.0 Å². The molecular formula is C30H30N4O4. The molecule has 0 bridgehead atoms. The Bertz CT molecular complexity index is 1600. The second-order valence-corrected chi connectivity index (χ2v) is 9.77. The number of esters is 1. The number of hydrogen-bond acceptors (Lipinski definition) is 7. The van der Waals surface area contributed by atoms with Gasteiger partial charge in [-0.3, -0.25) is 4.98 Å². The quantitative estimate of drug-likeness (QED) is 0.257. The van der Waals surface area contributed by atoms with Gasteiger partial charge in [-0.2, -0.15) is 0 Å². The van der Waals surface area contributed by atoms with Crippen LogP contribution in [0.2, 0.25) is 0 Å². The number of aryl methyl sites for hydroxylation is 2. The van der Waals surface area contributed by atoms with E-state index in [2.05, 4.69) is 45.0 Å². The Morgan fingerprint density at radius 1 is 1.08 bits per heavy atom. The maximum Gasteiger partial charge on any atom is 0.356 e. The minimum Gasteiger partial charge on any atom is -0.461 e. The van der Waals surface area contributed by atoms with Gasteiger partial charge in [0.2, 0.25) is 0 Å². The first kappa shape index (κ1) is 24.3. The Kier molecular flexibility index (Phi) is 6.41. The van der Waals surface area contributed by atoms with E-state index < -0.39 is 5.97 Å². The monoisotopic (exact) mass is 510 g/mol. The SMILES string of the molecule is CCOC(=O)c1cc2c(cn1)c1ncc(-c3c(C)noc3C)cc1n2C(c1ccccc1)C1CCOCC1. The van der Waals surface area contributed by atoms with Crippen LogP contribution >= 0.6 is 0 Å². The van der Waals surface area contributed by atoms with Gasteiger partial charge in [0, 0.05) is 42.1 Å². The van der Waals surface area contributed by atoms with Gasteiger partial charge in [0.1, 0.15) is 11.5 Å². The van der Waals surface area contributed by atoms with Gasteiger partial charge < -0.3 is 18.6 Å². The molecule has 1 unspecified atom stereocenters. The molecule has 0 saturated carbocycles. The van der Waals surface area contributed by atoms with E-state index in [1.54, 1.807) is 13.1 Å². The molecule has 0 radical (unpaired) electrons. The zero-order valence-corrected chi connectivity index (χ0v) is 21.8. The van der Waals surface area contributed by atoms with Crippen molar-refractivity contribution < 1.29 is 18.8 Å².